The number of thioether (sulfide) groups is 1. The van der Waals surface area contributed by atoms with E-state index in [-0.39, 0.29) is 4.75 Å². The van der Waals surface area contributed by atoms with E-state index in [0.717, 1.165) is 16.2 Å². The van der Waals surface area contributed by atoms with E-state index in [2.05, 4.69) is 43.4 Å². The second-order valence-corrected chi connectivity index (χ2v) is 8.12. The van der Waals surface area contributed by atoms with Crippen molar-refractivity contribution in [3.05, 3.63) is 59.0 Å². The monoisotopic (exact) mass is 318 g/mol. The van der Waals surface area contributed by atoms with E-state index in [1.54, 1.807) is 18.0 Å². The van der Waals surface area contributed by atoms with E-state index < -0.39 is 0 Å². The van der Waals surface area contributed by atoms with Gasteiger partial charge in [0.15, 0.2) is 5.15 Å². The number of rotatable bonds is 3. The molecule has 0 fully saturated rings. The molecule has 0 N–H and O–H groups in total. The van der Waals surface area contributed by atoms with Crippen molar-refractivity contribution in [3.8, 4) is 0 Å². The van der Waals surface area contributed by atoms with Gasteiger partial charge in [0.05, 0.1) is 6.20 Å². The number of halogens is 1. The van der Waals surface area contributed by atoms with Gasteiger partial charge in [-0.15, -0.1) is 0 Å². The van der Waals surface area contributed by atoms with Crippen LogP contribution in [0.2, 0.25) is 5.15 Å². The van der Waals surface area contributed by atoms with Crippen molar-refractivity contribution >= 4 is 28.9 Å². The lowest BCUT2D eigenvalue weighted by Gasteiger charge is -2.17. The molecule has 0 aliphatic carbocycles. The molecule has 0 bridgehead atoms. The molecule has 0 saturated heterocycles. The van der Waals surface area contributed by atoms with Gasteiger partial charge in [-0.3, -0.25) is 4.98 Å². The molecule has 0 amide bonds. The maximum Gasteiger partial charge on any atom is 0.156 e. The zero-order chi connectivity index (χ0) is 15.6. The SMILES string of the molecule is C=C(c1cccc(C)c1)c1ncc(SC(C)(C)C)nc1Cl. The van der Waals surface area contributed by atoms with Crippen molar-refractivity contribution < 1.29 is 0 Å². The molecule has 1 aromatic carbocycles. The van der Waals surface area contributed by atoms with Crippen molar-refractivity contribution in [3.63, 3.8) is 0 Å². The minimum absolute atomic E-state index is 0.0765. The molecule has 21 heavy (non-hydrogen) atoms. The van der Waals surface area contributed by atoms with Gasteiger partial charge in [-0.1, -0.05) is 80.5 Å². The zero-order valence-electron chi connectivity index (χ0n) is 12.8. The summed E-state index contributed by atoms with van der Waals surface area (Å²) in [4.78, 5) is 8.89. The first-order valence-corrected chi connectivity index (χ1v) is 7.93. The lowest BCUT2D eigenvalue weighted by molar-refractivity contribution is 0.798. The normalized spacial score (nSPS) is 11.5. The zero-order valence-corrected chi connectivity index (χ0v) is 14.3. The second-order valence-electron chi connectivity index (χ2n) is 5.91. The Bertz CT molecular complexity index is 675. The molecule has 2 rings (SSSR count). The van der Waals surface area contributed by atoms with Crippen LogP contribution in [0.1, 0.15) is 37.6 Å². The molecule has 0 spiro atoms. The highest BCUT2D eigenvalue weighted by Gasteiger charge is 2.16. The summed E-state index contributed by atoms with van der Waals surface area (Å²) in [6.45, 7) is 12.6. The van der Waals surface area contributed by atoms with Crippen molar-refractivity contribution in [1.29, 1.82) is 0 Å². The van der Waals surface area contributed by atoms with Crippen LogP contribution in [-0.2, 0) is 0 Å². The molecule has 0 aliphatic heterocycles. The van der Waals surface area contributed by atoms with E-state index in [9.17, 15) is 0 Å². The van der Waals surface area contributed by atoms with Crippen LogP contribution in [0, 0.1) is 6.92 Å². The Kier molecular flexibility index (Phi) is 4.74. The number of aromatic nitrogens is 2. The number of aryl methyl sites for hydroxylation is 1. The average molecular weight is 319 g/mol. The minimum Gasteiger partial charge on any atom is -0.250 e. The Morgan fingerprint density at radius 3 is 2.57 bits per heavy atom. The highest BCUT2D eigenvalue weighted by atomic mass is 35.5. The number of hydrogen-bond acceptors (Lipinski definition) is 3. The van der Waals surface area contributed by atoms with Crippen molar-refractivity contribution in [2.75, 3.05) is 0 Å². The second kappa shape index (κ2) is 6.20. The molecule has 2 nitrogen and oxygen atoms in total. The Labute approximate surface area is 135 Å². The summed E-state index contributed by atoms with van der Waals surface area (Å²) in [5.41, 5.74) is 3.63. The van der Waals surface area contributed by atoms with Gasteiger partial charge in [0.2, 0.25) is 0 Å². The molecule has 0 unspecified atom stereocenters. The molecule has 2 aromatic rings. The number of hydrogen-bond donors (Lipinski definition) is 0. The van der Waals surface area contributed by atoms with Gasteiger partial charge < -0.3 is 0 Å². The summed E-state index contributed by atoms with van der Waals surface area (Å²) < 4.78 is 0.0765. The highest BCUT2D eigenvalue weighted by molar-refractivity contribution is 8.00. The van der Waals surface area contributed by atoms with Gasteiger partial charge in [0.25, 0.3) is 0 Å². The molecule has 1 heterocycles. The van der Waals surface area contributed by atoms with Gasteiger partial charge in [-0.05, 0) is 12.5 Å². The first-order chi connectivity index (χ1) is 9.76. The smallest absolute Gasteiger partial charge is 0.156 e. The topological polar surface area (TPSA) is 25.8 Å². The number of benzene rings is 1. The molecule has 0 atom stereocenters. The predicted octanol–water partition coefficient (Wildman–Crippen LogP) is 5.39. The van der Waals surface area contributed by atoms with Crippen LogP contribution in [0.15, 0.2) is 42.1 Å². The maximum absolute atomic E-state index is 6.30. The number of nitrogens with zero attached hydrogens (tertiary/aromatic N) is 2. The summed E-state index contributed by atoms with van der Waals surface area (Å²) >= 11 is 7.94. The Balaban J connectivity index is 2.31. The Morgan fingerprint density at radius 2 is 2.00 bits per heavy atom. The molecule has 4 heteroatoms. The predicted molar refractivity (Wildman–Crippen MR) is 92.0 cm³/mol. The fourth-order valence-electron chi connectivity index (χ4n) is 1.89. The highest BCUT2D eigenvalue weighted by Crippen LogP contribution is 2.32. The summed E-state index contributed by atoms with van der Waals surface area (Å²) in [7, 11) is 0. The van der Waals surface area contributed by atoms with Gasteiger partial charge in [-0.25, -0.2) is 4.98 Å². The fraction of sp³-hybridized carbons (Fsp3) is 0.294. The standard InChI is InChI=1S/C17H19ClN2S/c1-11-7-6-8-13(9-11)12(2)15-16(18)20-14(10-19-15)21-17(3,4)5/h6-10H,2H2,1,3-5H3. The third-order valence-electron chi connectivity index (χ3n) is 2.77. The molecular formula is C17H19ClN2S. The van der Waals surface area contributed by atoms with Gasteiger partial charge >= 0.3 is 0 Å². The van der Waals surface area contributed by atoms with E-state index in [1.165, 1.54) is 5.56 Å². The summed E-state index contributed by atoms with van der Waals surface area (Å²) in [6, 6.07) is 8.12. The third-order valence-corrected chi connectivity index (χ3v) is 4.05. The third kappa shape index (κ3) is 4.32. The van der Waals surface area contributed by atoms with Crippen molar-refractivity contribution in [2.24, 2.45) is 0 Å². The van der Waals surface area contributed by atoms with Crippen LogP contribution in [0.5, 0.6) is 0 Å². The molecule has 1 aromatic heterocycles. The maximum atomic E-state index is 6.30. The van der Waals surface area contributed by atoms with Crippen LogP contribution < -0.4 is 0 Å². The first kappa shape index (κ1) is 16.1. The summed E-state index contributed by atoms with van der Waals surface area (Å²) in [5.74, 6) is 0. The average Bonchev–Trinajstić information content (AvgIpc) is 2.36. The van der Waals surface area contributed by atoms with Crippen molar-refractivity contribution in [2.45, 2.75) is 37.5 Å². The van der Waals surface area contributed by atoms with Gasteiger partial charge in [0.1, 0.15) is 10.7 Å². The molecule has 110 valence electrons. The van der Waals surface area contributed by atoms with Crippen molar-refractivity contribution in [1.82, 2.24) is 9.97 Å². The van der Waals surface area contributed by atoms with Gasteiger partial charge in [-0.2, -0.15) is 0 Å². The molecule has 0 aliphatic rings. The minimum atomic E-state index is 0.0765. The van der Waals surface area contributed by atoms with Gasteiger partial charge in [0, 0.05) is 10.3 Å². The Hall–Kier alpha value is -1.32. The lowest BCUT2D eigenvalue weighted by Crippen LogP contribution is -2.08. The summed E-state index contributed by atoms with van der Waals surface area (Å²) in [6.07, 6.45) is 1.76. The van der Waals surface area contributed by atoms with E-state index in [1.807, 2.05) is 25.1 Å². The van der Waals surface area contributed by atoms with E-state index in [4.69, 9.17) is 11.6 Å². The Morgan fingerprint density at radius 1 is 1.29 bits per heavy atom. The lowest BCUT2D eigenvalue weighted by atomic mass is 10.0. The van der Waals surface area contributed by atoms with E-state index >= 15 is 0 Å². The van der Waals surface area contributed by atoms with Crippen LogP contribution >= 0.6 is 23.4 Å². The van der Waals surface area contributed by atoms with Crippen LogP contribution in [0.3, 0.4) is 0 Å². The van der Waals surface area contributed by atoms with Crippen LogP contribution in [-0.4, -0.2) is 14.7 Å². The molecule has 0 saturated carbocycles. The largest absolute Gasteiger partial charge is 0.250 e. The molecule has 0 radical (unpaired) electrons. The van der Waals surface area contributed by atoms with Crippen LogP contribution in [0.25, 0.3) is 5.57 Å². The molecular weight excluding hydrogens is 300 g/mol. The fourth-order valence-corrected chi connectivity index (χ4v) is 3.06. The first-order valence-electron chi connectivity index (χ1n) is 6.74. The van der Waals surface area contributed by atoms with Crippen LogP contribution in [0.4, 0.5) is 0 Å². The van der Waals surface area contributed by atoms with E-state index in [0.29, 0.717) is 10.8 Å². The summed E-state index contributed by atoms with van der Waals surface area (Å²) in [5, 5.41) is 1.23. The quantitative estimate of drug-likeness (QED) is 0.709.